The van der Waals surface area contributed by atoms with Crippen LogP contribution in [0, 0.1) is 5.92 Å². The number of primary amides is 1. The number of likely N-dealkylation sites (tertiary alicyclic amines) is 1. The summed E-state index contributed by atoms with van der Waals surface area (Å²) in [6.07, 6.45) is 2.70. The predicted molar refractivity (Wildman–Crippen MR) is 292 cm³/mol. The van der Waals surface area contributed by atoms with Crippen LogP contribution in [-0.4, -0.2) is 228 Å². The molecule has 0 spiro atoms. The van der Waals surface area contributed by atoms with Gasteiger partial charge in [0.25, 0.3) is 0 Å². The zero-order chi connectivity index (χ0) is 59.9. The predicted octanol–water partition coefficient (Wildman–Crippen LogP) is -0.593. The number of carboxylic acids is 1. The summed E-state index contributed by atoms with van der Waals surface area (Å²) in [5.74, 6) is 1.77. The van der Waals surface area contributed by atoms with Crippen LogP contribution in [0.1, 0.15) is 64.0 Å². The van der Waals surface area contributed by atoms with Gasteiger partial charge in [-0.1, -0.05) is 26.8 Å². The number of carboxylic acid groups (broad SMARTS) is 1. The fourth-order valence-electron chi connectivity index (χ4n) is 6.50. The molecule has 458 valence electrons. The third-order valence-electron chi connectivity index (χ3n) is 10.6. The van der Waals surface area contributed by atoms with Gasteiger partial charge in [0.2, 0.25) is 43.3 Å². The van der Waals surface area contributed by atoms with E-state index in [-0.39, 0.29) is 89.6 Å². The molecule has 7 amide bonds. The molecule has 1 aliphatic rings. The number of hydrogen-bond acceptors (Lipinski definition) is 22. The van der Waals surface area contributed by atoms with Crippen LogP contribution in [0.3, 0.4) is 0 Å². The highest BCUT2D eigenvalue weighted by atomic mass is 16.6. The second kappa shape index (κ2) is 47.6. The van der Waals surface area contributed by atoms with Crippen molar-refractivity contribution in [1.29, 1.82) is 0 Å². The molecule has 11 N–H and O–H groups in total. The highest BCUT2D eigenvalue weighted by Gasteiger charge is 2.28. The molecule has 1 aliphatic heterocycles. The van der Waals surface area contributed by atoms with E-state index in [0.29, 0.717) is 135 Å². The standard InChI is InChI=1S/C47H76BN7O19.C4H10N2O/c1-35(2)45(53-40(56)7-11-64-14-10-55-42(58)5-6-43(55)59)46(62)51-30-41(57)52-39-4-3-36(33-74-47(48)63)37(29-39)32-73-34-38(49)31-54(50)9-13-66-16-18-68-20-22-70-24-26-72-28-27-71-25-23-69-21-19-67-17-15-65-12-8-44(60)61;1-2-3-6-4(5)7/h3-4,29,31,35,45H,5-28,30,32-34,49-50H2,1-2H3,(H,51,62)(H,52,57)(H,53,56)(H,60,61);2-3H2,1H3,(H3,5,6,7)/b38-31-;. The van der Waals surface area contributed by atoms with Crippen molar-refractivity contribution >= 4 is 60.9 Å². The van der Waals surface area contributed by atoms with E-state index in [1.54, 1.807) is 32.0 Å². The molecule has 2 rings (SSSR count). The Labute approximate surface area is 474 Å². The molecule has 2 radical (unpaired) electrons. The van der Waals surface area contributed by atoms with Gasteiger partial charge in [-0.25, -0.2) is 10.6 Å². The Balaban J connectivity index is 0.00000437. The molecule has 1 saturated heterocycles. The van der Waals surface area contributed by atoms with Crippen molar-refractivity contribution in [2.24, 2.45) is 23.2 Å². The Morgan fingerprint density at radius 1 is 0.679 bits per heavy atom. The largest absolute Gasteiger partial charge is 0.481 e. The highest BCUT2D eigenvalue weighted by Crippen LogP contribution is 2.19. The lowest BCUT2D eigenvalue weighted by atomic mass is 10.0. The Bertz CT molecular complexity index is 1990. The number of amides is 7. The highest BCUT2D eigenvalue weighted by molar-refractivity contribution is 6.55. The summed E-state index contributed by atoms with van der Waals surface area (Å²) < 4.78 is 59.6. The number of nitrogens with zero attached hydrogens (tertiary/aromatic N) is 2. The minimum atomic E-state index is -0.980. The summed E-state index contributed by atoms with van der Waals surface area (Å²) in [6.45, 7) is 12.1. The Kier molecular flexibility index (Phi) is 42.8. The molecule has 29 nitrogen and oxygen atoms in total. The van der Waals surface area contributed by atoms with E-state index in [4.69, 9.17) is 82.4 Å². The molecule has 0 aliphatic carbocycles. The zero-order valence-electron chi connectivity index (χ0n) is 47.1. The van der Waals surface area contributed by atoms with E-state index < -0.39 is 48.2 Å². The van der Waals surface area contributed by atoms with Gasteiger partial charge in [-0.2, -0.15) is 0 Å². The average Bonchev–Trinajstić information content (AvgIpc) is 3.74. The Morgan fingerprint density at radius 3 is 1.67 bits per heavy atom. The number of nitrogens with one attached hydrogen (secondary N) is 4. The van der Waals surface area contributed by atoms with Crippen LogP contribution in [0.15, 0.2) is 30.1 Å². The van der Waals surface area contributed by atoms with Gasteiger partial charge in [0, 0.05) is 37.7 Å². The average molecular weight is 1160 g/mol. The van der Waals surface area contributed by atoms with Crippen molar-refractivity contribution in [2.45, 2.75) is 72.1 Å². The van der Waals surface area contributed by atoms with Gasteiger partial charge >= 0.3 is 12.0 Å². The van der Waals surface area contributed by atoms with Crippen molar-refractivity contribution in [3.63, 3.8) is 0 Å². The maximum absolute atomic E-state index is 13.0. The SMILES string of the molecule is CCCNC(N)=O.[B]C(=O)OCc1ccc(NC(=O)CNC(=O)C(NC(=O)CCOCCN2C(=O)CCC2=O)C(C)C)cc1COC/C(N)=C/N(N)CCOCCOCCOCCOCCOCCOCCOCCOCCC(=O)O. The smallest absolute Gasteiger partial charge is 0.312 e. The summed E-state index contributed by atoms with van der Waals surface area (Å²) in [7, 11) is 5.17. The molecule has 1 fully saturated rings. The van der Waals surface area contributed by atoms with Gasteiger partial charge in [0.05, 0.1) is 164 Å². The third-order valence-corrected chi connectivity index (χ3v) is 10.6. The van der Waals surface area contributed by atoms with Crippen molar-refractivity contribution < 1.29 is 95.6 Å². The summed E-state index contributed by atoms with van der Waals surface area (Å²) in [6, 6.07) is 3.41. The number of hydrazine groups is 1. The molecule has 0 saturated carbocycles. The van der Waals surface area contributed by atoms with E-state index in [9.17, 15) is 38.4 Å². The fraction of sp³-hybridized carbons (Fsp3) is 0.686. The quantitative estimate of drug-likeness (QED) is 0.0133. The van der Waals surface area contributed by atoms with Gasteiger partial charge in [0.1, 0.15) is 12.6 Å². The number of nitrogens with two attached hydrogens (primary N) is 3. The number of rotatable bonds is 48. The molecule has 1 atom stereocenters. The molecule has 1 aromatic carbocycles. The van der Waals surface area contributed by atoms with Crippen LogP contribution in [0.2, 0.25) is 0 Å². The number of carbonyl (C=O) groups excluding carboxylic acids is 7. The lowest BCUT2D eigenvalue weighted by Crippen LogP contribution is -2.51. The molecule has 0 bridgehead atoms. The van der Waals surface area contributed by atoms with Crippen LogP contribution < -0.4 is 38.6 Å². The van der Waals surface area contributed by atoms with Gasteiger partial charge < -0.3 is 95.0 Å². The van der Waals surface area contributed by atoms with Crippen LogP contribution >= 0.6 is 0 Å². The second-order valence-corrected chi connectivity index (χ2v) is 17.7. The van der Waals surface area contributed by atoms with Crippen molar-refractivity contribution in [1.82, 2.24) is 25.9 Å². The summed E-state index contributed by atoms with van der Waals surface area (Å²) in [4.78, 5) is 94.7. The fourth-order valence-corrected chi connectivity index (χ4v) is 6.50. The molecular formula is C51H86BN9O20. The van der Waals surface area contributed by atoms with Gasteiger partial charge in [-0.05, 0) is 35.6 Å². The minimum Gasteiger partial charge on any atom is -0.481 e. The van der Waals surface area contributed by atoms with Crippen molar-refractivity contribution in [3.8, 4) is 0 Å². The van der Waals surface area contributed by atoms with E-state index in [2.05, 4.69) is 21.3 Å². The monoisotopic (exact) mass is 1160 g/mol. The second-order valence-electron chi connectivity index (χ2n) is 17.7. The minimum absolute atomic E-state index is 0.0103. The lowest BCUT2D eigenvalue weighted by molar-refractivity contribution is -0.140. The molecule has 30 heteroatoms. The first-order chi connectivity index (χ1) is 38.9. The lowest BCUT2D eigenvalue weighted by Gasteiger charge is -2.22. The van der Waals surface area contributed by atoms with E-state index >= 15 is 0 Å². The van der Waals surface area contributed by atoms with E-state index in [1.165, 1.54) is 11.2 Å². The first kappa shape index (κ1) is 73.0. The number of aliphatic carboxylic acids is 1. The molecule has 1 heterocycles. The van der Waals surface area contributed by atoms with Gasteiger partial charge in [-0.3, -0.25) is 38.5 Å². The van der Waals surface area contributed by atoms with Gasteiger partial charge in [-0.15, -0.1) is 0 Å². The summed E-state index contributed by atoms with van der Waals surface area (Å²) in [5, 5.41) is 20.2. The number of imide groups is 1. The topological polar surface area (TPSA) is 391 Å². The first-order valence-corrected chi connectivity index (χ1v) is 26.7. The molecule has 1 unspecified atom stereocenters. The maximum atomic E-state index is 13.0. The molecule has 1 aromatic rings. The zero-order valence-corrected chi connectivity index (χ0v) is 47.1. The number of hydrogen-bond donors (Lipinski definition) is 8. The first-order valence-electron chi connectivity index (χ1n) is 26.7. The number of anilines is 1. The third kappa shape index (κ3) is 40.7. The van der Waals surface area contributed by atoms with Gasteiger partial charge in [0.15, 0.2) is 0 Å². The maximum Gasteiger partial charge on any atom is 0.312 e. The van der Waals surface area contributed by atoms with Crippen LogP contribution in [0.5, 0.6) is 0 Å². The van der Waals surface area contributed by atoms with Crippen molar-refractivity contribution in [3.05, 3.63) is 41.2 Å². The van der Waals surface area contributed by atoms with E-state index in [0.717, 1.165) is 11.3 Å². The molecule has 0 aromatic heterocycles. The number of ether oxygens (including phenoxy) is 11. The van der Waals surface area contributed by atoms with Crippen LogP contribution in [0.4, 0.5) is 15.3 Å². The normalized spacial score (nSPS) is 12.7. The Morgan fingerprint density at radius 2 is 1.19 bits per heavy atom. The number of benzene rings is 1. The summed E-state index contributed by atoms with van der Waals surface area (Å²) in [5.41, 5.74) is 12.6. The van der Waals surface area contributed by atoms with Crippen LogP contribution in [0.25, 0.3) is 0 Å². The van der Waals surface area contributed by atoms with Crippen LogP contribution in [-0.2, 0) is 94.1 Å². The summed E-state index contributed by atoms with van der Waals surface area (Å²) >= 11 is 0. The Hall–Kier alpha value is -6.06. The van der Waals surface area contributed by atoms with E-state index in [1.807, 2.05) is 6.92 Å². The van der Waals surface area contributed by atoms with Crippen molar-refractivity contribution in [2.75, 3.05) is 157 Å². The number of carbonyl (C=O) groups is 8. The molecule has 81 heavy (non-hydrogen) atoms. The number of urea groups is 1. The molecular weight excluding hydrogens is 1070 g/mol.